The van der Waals surface area contributed by atoms with Crippen molar-refractivity contribution in [3.63, 3.8) is 0 Å². The molecule has 6 heteroatoms. The first kappa shape index (κ1) is 22.6. The molecular formula is C21H29NO5. The lowest BCUT2D eigenvalue weighted by Gasteiger charge is -2.22. The van der Waals surface area contributed by atoms with E-state index in [4.69, 9.17) is 9.84 Å². The number of esters is 1. The SMILES string of the molecule is C=CCOC(=O)C[C@H](C(=O)N[C@@H](C)C(=O)Cc1ccc(CO)cc1)C(C)C. The Balaban J connectivity index is 2.63. The van der Waals surface area contributed by atoms with Gasteiger partial charge in [0.05, 0.1) is 25.0 Å². The minimum absolute atomic E-state index is 0.0408. The molecule has 0 fully saturated rings. The van der Waals surface area contributed by atoms with E-state index in [0.717, 1.165) is 11.1 Å². The Morgan fingerprint density at radius 1 is 1.15 bits per heavy atom. The van der Waals surface area contributed by atoms with E-state index in [9.17, 15) is 14.4 Å². The molecule has 0 aliphatic carbocycles. The molecule has 2 N–H and O–H groups in total. The predicted octanol–water partition coefficient (Wildman–Crippen LogP) is 2.19. The van der Waals surface area contributed by atoms with Crippen LogP contribution in [0.15, 0.2) is 36.9 Å². The molecule has 0 saturated heterocycles. The lowest BCUT2D eigenvalue weighted by Crippen LogP contribution is -2.44. The van der Waals surface area contributed by atoms with Crippen LogP contribution < -0.4 is 5.32 Å². The summed E-state index contributed by atoms with van der Waals surface area (Å²) in [5.74, 6) is -1.57. The molecule has 27 heavy (non-hydrogen) atoms. The molecule has 148 valence electrons. The fourth-order valence-corrected chi connectivity index (χ4v) is 2.54. The molecule has 2 atom stereocenters. The van der Waals surface area contributed by atoms with Gasteiger partial charge in [-0.2, -0.15) is 0 Å². The van der Waals surface area contributed by atoms with Crippen molar-refractivity contribution >= 4 is 17.7 Å². The third kappa shape index (κ3) is 7.74. The summed E-state index contributed by atoms with van der Waals surface area (Å²) in [6, 6.07) is 6.42. The molecule has 1 aromatic rings. The number of carbonyl (C=O) groups excluding carboxylic acids is 3. The molecular weight excluding hydrogens is 346 g/mol. The summed E-state index contributed by atoms with van der Waals surface area (Å²) < 4.78 is 4.95. The number of ether oxygens (including phenoxy) is 1. The molecule has 0 spiro atoms. The average Bonchev–Trinajstić information content (AvgIpc) is 2.64. The van der Waals surface area contributed by atoms with Crippen molar-refractivity contribution in [2.24, 2.45) is 11.8 Å². The van der Waals surface area contributed by atoms with Crippen molar-refractivity contribution < 1.29 is 24.2 Å². The Morgan fingerprint density at radius 2 is 1.74 bits per heavy atom. The zero-order chi connectivity index (χ0) is 20.4. The summed E-state index contributed by atoms with van der Waals surface area (Å²) in [6.07, 6.45) is 1.61. The van der Waals surface area contributed by atoms with E-state index >= 15 is 0 Å². The summed E-state index contributed by atoms with van der Waals surface area (Å²) in [5, 5.41) is 11.8. The third-order valence-corrected chi connectivity index (χ3v) is 4.32. The average molecular weight is 375 g/mol. The van der Waals surface area contributed by atoms with Gasteiger partial charge in [-0.05, 0) is 24.0 Å². The number of aliphatic hydroxyl groups is 1. The van der Waals surface area contributed by atoms with Crippen LogP contribution in [0.1, 0.15) is 38.3 Å². The number of Topliss-reactive ketones (excluding diaryl/α,β-unsaturated/α-hetero) is 1. The highest BCUT2D eigenvalue weighted by atomic mass is 16.5. The lowest BCUT2D eigenvalue weighted by molar-refractivity contribution is -0.146. The smallest absolute Gasteiger partial charge is 0.306 e. The summed E-state index contributed by atoms with van der Waals surface area (Å²) in [5.41, 5.74) is 1.59. The van der Waals surface area contributed by atoms with Gasteiger partial charge < -0.3 is 15.2 Å². The molecule has 0 unspecified atom stereocenters. The van der Waals surface area contributed by atoms with Gasteiger partial charge in [-0.1, -0.05) is 50.8 Å². The van der Waals surface area contributed by atoms with Gasteiger partial charge in [-0.25, -0.2) is 0 Å². The highest BCUT2D eigenvalue weighted by molar-refractivity contribution is 5.91. The fourth-order valence-electron chi connectivity index (χ4n) is 2.54. The van der Waals surface area contributed by atoms with Crippen LogP contribution in [-0.2, 0) is 32.1 Å². The first-order valence-corrected chi connectivity index (χ1v) is 9.06. The molecule has 0 radical (unpaired) electrons. The zero-order valence-corrected chi connectivity index (χ0v) is 16.2. The fraction of sp³-hybridized carbons (Fsp3) is 0.476. The van der Waals surface area contributed by atoms with Crippen LogP contribution in [0.25, 0.3) is 0 Å². The first-order valence-electron chi connectivity index (χ1n) is 9.06. The van der Waals surface area contributed by atoms with Crippen LogP contribution in [0.2, 0.25) is 0 Å². The summed E-state index contributed by atoms with van der Waals surface area (Å²) in [6.45, 7) is 8.87. The van der Waals surface area contributed by atoms with Crippen LogP contribution >= 0.6 is 0 Å². The number of rotatable bonds is 11. The van der Waals surface area contributed by atoms with Crippen molar-refractivity contribution in [2.75, 3.05) is 6.61 Å². The van der Waals surface area contributed by atoms with E-state index < -0.39 is 17.9 Å². The van der Waals surface area contributed by atoms with Gasteiger partial charge >= 0.3 is 5.97 Å². The molecule has 0 aliphatic rings. The van der Waals surface area contributed by atoms with Gasteiger partial charge in [0.1, 0.15) is 6.61 Å². The van der Waals surface area contributed by atoms with Crippen LogP contribution in [0.4, 0.5) is 0 Å². The molecule has 1 rings (SSSR count). The summed E-state index contributed by atoms with van der Waals surface area (Å²) in [7, 11) is 0. The maximum absolute atomic E-state index is 12.5. The van der Waals surface area contributed by atoms with Crippen molar-refractivity contribution in [1.29, 1.82) is 0 Å². The van der Waals surface area contributed by atoms with Crippen LogP contribution in [0, 0.1) is 11.8 Å². The van der Waals surface area contributed by atoms with E-state index in [-0.39, 0.29) is 43.7 Å². The highest BCUT2D eigenvalue weighted by Gasteiger charge is 2.28. The number of aliphatic hydroxyl groups excluding tert-OH is 1. The number of ketones is 1. The first-order chi connectivity index (χ1) is 12.8. The van der Waals surface area contributed by atoms with Gasteiger partial charge in [0.25, 0.3) is 0 Å². The van der Waals surface area contributed by atoms with Crippen molar-refractivity contribution in [3.05, 3.63) is 48.0 Å². The third-order valence-electron chi connectivity index (χ3n) is 4.32. The second-order valence-corrected chi connectivity index (χ2v) is 6.87. The molecule has 0 heterocycles. The minimum atomic E-state index is -0.666. The maximum atomic E-state index is 12.5. The quantitative estimate of drug-likeness (QED) is 0.457. The Labute approximate surface area is 160 Å². The molecule has 6 nitrogen and oxygen atoms in total. The predicted molar refractivity (Wildman–Crippen MR) is 103 cm³/mol. The van der Waals surface area contributed by atoms with Crippen LogP contribution in [0.5, 0.6) is 0 Å². The van der Waals surface area contributed by atoms with Gasteiger partial charge in [0.15, 0.2) is 5.78 Å². The van der Waals surface area contributed by atoms with E-state index in [1.807, 2.05) is 13.8 Å². The van der Waals surface area contributed by atoms with E-state index in [0.29, 0.717) is 0 Å². The molecule has 1 aromatic carbocycles. The number of amides is 1. The molecule has 0 bridgehead atoms. The van der Waals surface area contributed by atoms with Crippen LogP contribution in [0.3, 0.4) is 0 Å². The number of carbonyl (C=O) groups is 3. The maximum Gasteiger partial charge on any atom is 0.306 e. The van der Waals surface area contributed by atoms with Gasteiger partial charge in [-0.15, -0.1) is 0 Å². The van der Waals surface area contributed by atoms with Crippen LogP contribution in [-0.4, -0.2) is 35.4 Å². The van der Waals surface area contributed by atoms with Gasteiger partial charge in [-0.3, -0.25) is 14.4 Å². The number of hydrogen-bond acceptors (Lipinski definition) is 5. The van der Waals surface area contributed by atoms with Gasteiger partial charge in [0.2, 0.25) is 5.91 Å². The minimum Gasteiger partial charge on any atom is -0.461 e. The topological polar surface area (TPSA) is 92.7 Å². The Morgan fingerprint density at radius 3 is 2.26 bits per heavy atom. The highest BCUT2D eigenvalue weighted by Crippen LogP contribution is 2.17. The molecule has 0 aromatic heterocycles. The molecule has 0 aliphatic heterocycles. The zero-order valence-electron chi connectivity index (χ0n) is 16.2. The van der Waals surface area contributed by atoms with Crippen molar-refractivity contribution in [1.82, 2.24) is 5.32 Å². The van der Waals surface area contributed by atoms with E-state index in [1.54, 1.807) is 31.2 Å². The Hall–Kier alpha value is -2.47. The largest absolute Gasteiger partial charge is 0.461 e. The Bertz CT molecular complexity index is 651. The van der Waals surface area contributed by atoms with Crippen molar-refractivity contribution in [2.45, 2.75) is 46.3 Å². The van der Waals surface area contributed by atoms with Gasteiger partial charge in [0, 0.05) is 6.42 Å². The monoisotopic (exact) mass is 375 g/mol. The van der Waals surface area contributed by atoms with Crippen molar-refractivity contribution in [3.8, 4) is 0 Å². The molecule has 0 saturated carbocycles. The lowest BCUT2D eigenvalue weighted by atomic mass is 9.91. The summed E-state index contributed by atoms with van der Waals surface area (Å²) in [4.78, 5) is 36.7. The second kappa shape index (κ2) is 11.3. The normalized spacial score (nSPS) is 12.9. The molecule has 1 amide bonds. The Kier molecular flexibility index (Phi) is 9.44. The second-order valence-electron chi connectivity index (χ2n) is 6.87. The summed E-state index contributed by atoms with van der Waals surface area (Å²) >= 11 is 0. The number of hydrogen-bond donors (Lipinski definition) is 2. The number of nitrogens with one attached hydrogen (secondary N) is 1. The van der Waals surface area contributed by atoms with E-state index in [2.05, 4.69) is 11.9 Å². The van der Waals surface area contributed by atoms with E-state index in [1.165, 1.54) is 6.08 Å². The number of benzene rings is 1. The standard InChI is InChI=1S/C21H29NO5/c1-5-10-27-20(25)12-18(14(2)3)21(26)22-15(4)19(24)11-16-6-8-17(13-23)9-7-16/h5-9,14-15,18,23H,1,10-13H2,2-4H3,(H,22,26)/t15-,18-/m0/s1.